The van der Waals surface area contributed by atoms with E-state index in [0.29, 0.717) is 19.4 Å². The number of hydrogen-bond donors (Lipinski definition) is 2. The summed E-state index contributed by atoms with van der Waals surface area (Å²) in [6.07, 6.45) is -1.92. The Balaban J connectivity index is 1.43. The summed E-state index contributed by atoms with van der Waals surface area (Å²) in [5, 5.41) is 5.56. The Hall–Kier alpha value is -1.76. The minimum atomic E-state index is -4.17. The van der Waals surface area contributed by atoms with Gasteiger partial charge in [0.2, 0.25) is 0 Å². The van der Waals surface area contributed by atoms with Gasteiger partial charge < -0.3 is 10.6 Å². The molecule has 1 aromatic carbocycles. The summed E-state index contributed by atoms with van der Waals surface area (Å²) in [7, 11) is 0. The molecule has 2 amide bonds. The van der Waals surface area contributed by atoms with E-state index in [1.54, 1.807) is 0 Å². The van der Waals surface area contributed by atoms with Crippen LogP contribution in [0, 0.1) is 5.92 Å². The maximum absolute atomic E-state index is 12.9. The lowest BCUT2D eigenvalue weighted by molar-refractivity contribution is -0.183. The normalized spacial score (nSPS) is 24.7. The van der Waals surface area contributed by atoms with Crippen molar-refractivity contribution in [2.75, 3.05) is 13.1 Å². The van der Waals surface area contributed by atoms with Crippen LogP contribution < -0.4 is 10.6 Å². The quantitative estimate of drug-likeness (QED) is 0.829. The van der Waals surface area contributed by atoms with Crippen molar-refractivity contribution in [1.82, 2.24) is 15.5 Å². The van der Waals surface area contributed by atoms with Gasteiger partial charge in [-0.05, 0) is 43.7 Å². The molecule has 0 saturated heterocycles. The standard InChI is InChI=1S/C20H28F3N3O/c1-14(26-10-9-15-5-2-3-6-16(15)13-26)12-24-19(27)25-18-8-4-7-17(11-18)20(21,22)23/h2-3,5-6,14,17-18H,4,7-13H2,1H3,(H2,24,25,27). The van der Waals surface area contributed by atoms with E-state index < -0.39 is 18.1 Å². The first-order chi connectivity index (χ1) is 12.8. The highest BCUT2D eigenvalue weighted by Gasteiger charge is 2.42. The molecule has 1 aliphatic heterocycles. The van der Waals surface area contributed by atoms with Gasteiger partial charge in [0, 0.05) is 31.7 Å². The summed E-state index contributed by atoms with van der Waals surface area (Å²) in [5.74, 6) is -1.30. The van der Waals surface area contributed by atoms with E-state index in [9.17, 15) is 18.0 Å². The molecule has 1 aliphatic carbocycles. The molecule has 1 aromatic rings. The maximum Gasteiger partial charge on any atom is 0.391 e. The average Bonchev–Trinajstić information content (AvgIpc) is 2.65. The second-order valence-electron chi connectivity index (χ2n) is 7.79. The molecule has 1 saturated carbocycles. The second kappa shape index (κ2) is 8.50. The Kier molecular flexibility index (Phi) is 6.29. The topological polar surface area (TPSA) is 44.4 Å². The first kappa shape index (κ1) is 20.0. The molecule has 4 nitrogen and oxygen atoms in total. The fourth-order valence-corrected chi connectivity index (χ4v) is 4.12. The Morgan fingerprint density at radius 1 is 1.26 bits per heavy atom. The van der Waals surface area contributed by atoms with Crippen molar-refractivity contribution in [2.45, 2.75) is 63.8 Å². The monoisotopic (exact) mass is 383 g/mol. The maximum atomic E-state index is 12.9. The molecule has 0 radical (unpaired) electrons. The lowest BCUT2D eigenvalue weighted by atomic mass is 9.85. The van der Waals surface area contributed by atoms with Crippen molar-refractivity contribution >= 4 is 6.03 Å². The summed E-state index contributed by atoms with van der Waals surface area (Å²) >= 11 is 0. The summed E-state index contributed by atoms with van der Waals surface area (Å²) in [6, 6.07) is 7.78. The molecule has 0 aromatic heterocycles. The molecule has 2 N–H and O–H groups in total. The van der Waals surface area contributed by atoms with Crippen LogP contribution in [0.3, 0.4) is 0 Å². The molecule has 27 heavy (non-hydrogen) atoms. The lowest BCUT2D eigenvalue weighted by Crippen LogP contribution is -2.49. The van der Waals surface area contributed by atoms with Gasteiger partial charge in [0.15, 0.2) is 0 Å². The molecule has 3 atom stereocenters. The Labute approximate surface area is 158 Å². The van der Waals surface area contributed by atoms with E-state index in [0.717, 1.165) is 19.5 Å². The number of rotatable bonds is 4. The number of benzene rings is 1. The van der Waals surface area contributed by atoms with Gasteiger partial charge >= 0.3 is 12.2 Å². The Bertz CT molecular complexity index is 650. The largest absolute Gasteiger partial charge is 0.391 e. The van der Waals surface area contributed by atoms with Gasteiger partial charge in [-0.3, -0.25) is 4.90 Å². The summed E-state index contributed by atoms with van der Waals surface area (Å²) in [4.78, 5) is 14.5. The van der Waals surface area contributed by atoms with Gasteiger partial charge in [0.25, 0.3) is 0 Å². The number of nitrogens with zero attached hydrogens (tertiary/aromatic N) is 1. The highest BCUT2D eigenvalue weighted by molar-refractivity contribution is 5.74. The minimum absolute atomic E-state index is 0.0185. The van der Waals surface area contributed by atoms with E-state index in [-0.39, 0.29) is 24.9 Å². The van der Waals surface area contributed by atoms with Crippen molar-refractivity contribution < 1.29 is 18.0 Å². The highest BCUT2D eigenvalue weighted by atomic mass is 19.4. The van der Waals surface area contributed by atoms with Crippen LogP contribution in [0.15, 0.2) is 24.3 Å². The summed E-state index contributed by atoms with van der Waals surface area (Å²) < 4.78 is 38.7. The van der Waals surface area contributed by atoms with E-state index in [4.69, 9.17) is 0 Å². The third-order valence-corrected chi connectivity index (χ3v) is 5.81. The zero-order valence-electron chi connectivity index (χ0n) is 15.7. The van der Waals surface area contributed by atoms with Crippen molar-refractivity contribution in [1.29, 1.82) is 0 Å². The van der Waals surface area contributed by atoms with Crippen LogP contribution in [-0.4, -0.2) is 42.3 Å². The third-order valence-electron chi connectivity index (χ3n) is 5.81. The molecule has 7 heteroatoms. The van der Waals surface area contributed by atoms with Crippen LogP contribution in [0.25, 0.3) is 0 Å². The zero-order chi connectivity index (χ0) is 19.4. The van der Waals surface area contributed by atoms with E-state index in [1.165, 1.54) is 11.1 Å². The number of urea groups is 1. The number of amides is 2. The number of fused-ring (bicyclic) bond motifs is 1. The molecular formula is C20H28F3N3O. The van der Waals surface area contributed by atoms with Crippen LogP contribution in [0.1, 0.15) is 43.7 Å². The van der Waals surface area contributed by atoms with Gasteiger partial charge in [-0.25, -0.2) is 4.79 Å². The van der Waals surface area contributed by atoms with Crippen molar-refractivity contribution in [3.63, 3.8) is 0 Å². The third kappa shape index (κ3) is 5.37. The molecule has 3 rings (SSSR count). The van der Waals surface area contributed by atoms with Crippen LogP contribution in [0.2, 0.25) is 0 Å². The number of carbonyl (C=O) groups is 1. The number of hydrogen-bond acceptors (Lipinski definition) is 2. The van der Waals surface area contributed by atoms with E-state index in [2.05, 4.69) is 40.7 Å². The molecule has 1 fully saturated rings. The van der Waals surface area contributed by atoms with Gasteiger partial charge in [-0.15, -0.1) is 0 Å². The van der Waals surface area contributed by atoms with Crippen molar-refractivity contribution in [3.05, 3.63) is 35.4 Å². The number of carbonyl (C=O) groups excluding carboxylic acids is 1. The lowest BCUT2D eigenvalue weighted by Gasteiger charge is -2.34. The second-order valence-corrected chi connectivity index (χ2v) is 7.79. The van der Waals surface area contributed by atoms with Crippen LogP contribution in [0.5, 0.6) is 0 Å². The fourth-order valence-electron chi connectivity index (χ4n) is 4.12. The van der Waals surface area contributed by atoms with Crippen molar-refractivity contribution in [2.24, 2.45) is 5.92 Å². The molecule has 2 aliphatic rings. The van der Waals surface area contributed by atoms with Crippen LogP contribution in [-0.2, 0) is 13.0 Å². The van der Waals surface area contributed by atoms with E-state index >= 15 is 0 Å². The first-order valence-electron chi connectivity index (χ1n) is 9.75. The minimum Gasteiger partial charge on any atom is -0.337 e. The highest BCUT2D eigenvalue weighted by Crippen LogP contribution is 2.37. The molecule has 3 unspecified atom stereocenters. The van der Waals surface area contributed by atoms with E-state index in [1.807, 2.05) is 6.07 Å². The number of alkyl halides is 3. The SMILES string of the molecule is CC(CNC(=O)NC1CCCC(C(F)(F)F)C1)N1CCc2ccccc2C1. The summed E-state index contributed by atoms with van der Waals surface area (Å²) in [6.45, 7) is 4.34. The number of nitrogens with one attached hydrogen (secondary N) is 2. The van der Waals surface area contributed by atoms with Gasteiger partial charge in [-0.1, -0.05) is 30.7 Å². The Morgan fingerprint density at radius 2 is 2.00 bits per heavy atom. The number of halogens is 3. The van der Waals surface area contributed by atoms with Gasteiger partial charge in [0.1, 0.15) is 0 Å². The first-order valence-corrected chi connectivity index (χ1v) is 9.75. The predicted octanol–water partition coefficient (Wildman–Crippen LogP) is 3.85. The Morgan fingerprint density at radius 3 is 2.74 bits per heavy atom. The fraction of sp³-hybridized carbons (Fsp3) is 0.650. The predicted molar refractivity (Wildman–Crippen MR) is 98.4 cm³/mol. The smallest absolute Gasteiger partial charge is 0.337 e. The molecule has 150 valence electrons. The van der Waals surface area contributed by atoms with Crippen molar-refractivity contribution in [3.8, 4) is 0 Å². The van der Waals surface area contributed by atoms with Gasteiger partial charge in [-0.2, -0.15) is 13.2 Å². The van der Waals surface area contributed by atoms with Crippen LogP contribution in [0.4, 0.5) is 18.0 Å². The molecular weight excluding hydrogens is 355 g/mol. The zero-order valence-corrected chi connectivity index (χ0v) is 15.7. The van der Waals surface area contributed by atoms with Crippen LogP contribution >= 0.6 is 0 Å². The molecule has 1 heterocycles. The molecule has 0 bridgehead atoms. The molecule has 0 spiro atoms. The summed E-state index contributed by atoms with van der Waals surface area (Å²) in [5.41, 5.74) is 2.70. The van der Waals surface area contributed by atoms with Gasteiger partial charge in [0.05, 0.1) is 5.92 Å². The average molecular weight is 383 g/mol.